The minimum Gasteiger partial charge on any atom is -0.425 e. The Hall–Kier alpha value is -2.06. The zero-order valence-electron chi connectivity index (χ0n) is 13.5. The number of hydrogen-bond acceptors (Lipinski definition) is 4. The van der Waals surface area contributed by atoms with Crippen LogP contribution in [-0.2, 0) is 25.6 Å². The molecule has 0 radical (unpaired) electrons. The number of nitrogens with zero attached hydrogens (tertiary/aromatic N) is 4. The Labute approximate surface area is 156 Å². The molecule has 10 heteroatoms. The molecule has 26 heavy (non-hydrogen) atoms. The van der Waals surface area contributed by atoms with Crippen LogP contribution in [0.1, 0.15) is 28.7 Å². The summed E-state index contributed by atoms with van der Waals surface area (Å²) in [6, 6.07) is 7.25. The van der Waals surface area contributed by atoms with Gasteiger partial charge in [0.2, 0.25) is 11.8 Å². The Bertz CT molecular complexity index is 921. The molecule has 5 nitrogen and oxygen atoms in total. The van der Waals surface area contributed by atoms with Crippen molar-refractivity contribution < 1.29 is 17.6 Å². The van der Waals surface area contributed by atoms with Crippen LogP contribution in [-0.4, -0.2) is 20.0 Å². The number of halogens is 5. The van der Waals surface area contributed by atoms with Gasteiger partial charge in [0.25, 0.3) is 0 Å². The van der Waals surface area contributed by atoms with Crippen LogP contribution >= 0.6 is 23.2 Å². The predicted octanol–water partition coefficient (Wildman–Crippen LogP) is 4.73. The van der Waals surface area contributed by atoms with E-state index in [2.05, 4.69) is 15.3 Å². The maximum absolute atomic E-state index is 12.8. The van der Waals surface area contributed by atoms with Crippen molar-refractivity contribution in [2.45, 2.75) is 32.5 Å². The lowest BCUT2D eigenvalue weighted by molar-refractivity contribution is -0.141. The van der Waals surface area contributed by atoms with Gasteiger partial charge in [-0.25, -0.2) is 0 Å². The molecule has 0 N–H and O–H groups in total. The van der Waals surface area contributed by atoms with Gasteiger partial charge < -0.3 is 4.42 Å². The third kappa shape index (κ3) is 4.19. The van der Waals surface area contributed by atoms with E-state index < -0.39 is 16.9 Å². The van der Waals surface area contributed by atoms with E-state index in [1.165, 1.54) is 11.6 Å². The summed E-state index contributed by atoms with van der Waals surface area (Å²) in [4.78, 5) is 0. The van der Waals surface area contributed by atoms with Crippen molar-refractivity contribution in [3.8, 4) is 0 Å². The normalized spacial score (nSPS) is 11.9. The van der Waals surface area contributed by atoms with Crippen molar-refractivity contribution in [3.63, 3.8) is 0 Å². The summed E-state index contributed by atoms with van der Waals surface area (Å²) in [7, 11) is 0. The molecule has 0 unspecified atom stereocenters. The Morgan fingerprint density at radius 1 is 1.15 bits per heavy atom. The molecule has 0 aliphatic rings. The van der Waals surface area contributed by atoms with Crippen molar-refractivity contribution in [2.75, 3.05) is 0 Å². The molecule has 0 aliphatic carbocycles. The fraction of sp³-hybridized carbons (Fsp3) is 0.312. The standard InChI is InChI=1S/C16H13Cl2F3N4O/c1-9-14(18)15(16(19,20)21)24-25(9)6-5-12-22-23-13(26-12)8-10-3-2-4-11(17)7-10/h2-4,7H,5-6,8H2,1H3. The molecule has 2 aromatic heterocycles. The van der Waals surface area contributed by atoms with Crippen LogP contribution < -0.4 is 0 Å². The quantitative estimate of drug-likeness (QED) is 0.616. The van der Waals surface area contributed by atoms with Crippen molar-refractivity contribution >= 4 is 23.2 Å². The van der Waals surface area contributed by atoms with Gasteiger partial charge in [0.15, 0.2) is 5.69 Å². The smallest absolute Gasteiger partial charge is 0.425 e. The van der Waals surface area contributed by atoms with Crippen molar-refractivity contribution in [3.05, 3.63) is 63.0 Å². The first-order valence-corrected chi connectivity index (χ1v) is 8.35. The molecule has 3 aromatic rings. The molecule has 0 amide bonds. The molecular formula is C16H13Cl2F3N4O. The zero-order valence-corrected chi connectivity index (χ0v) is 15.0. The maximum atomic E-state index is 12.8. The number of alkyl halides is 3. The summed E-state index contributed by atoms with van der Waals surface area (Å²) in [5.74, 6) is 0.704. The molecule has 0 atom stereocenters. The molecule has 138 valence electrons. The lowest BCUT2D eigenvalue weighted by Crippen LogP contribution is -2.10. The van der Waals surface area contributed by atoms with Gasteiger partial charge >= 0.3 is 6.18 Å². The summed E-state index contributed by atoms with van der Waals surface area (Å²) in [6.07, 6.45) is -3.95. The van der Waals surface area contributed by atoms with Crippen LogP contribution in [0.2, 0.25) is 10.0 Å². The number of aromatic nitrogens is 4. The second-order valence-corrected chi connectivity index (χ2v) is 6.43. The molecule has 0 spiro atoms. The van der Waals surface area contributed by atoms with Crippen LogP contribution in [0.3, 0.4) is 0 Å². The predicted molar refractivity (Wildman–Crippen MR) is 89.2 cm³/mol. The topological polar surface area (TPSA) is 56.7 Å². The van der Waals surface area contributed by atoms with Gasteiger partial charge in [0.05, 0.1) is 17.1 Å². The van der Waals surface area contributed by atoms with E-state index in [1.54, 1.807) is 12.1 Å². The SMILES string of the molecule is Cc1c(Cl)c(C(F)(F)F)nn1CCc1nnc(Cc2cccc(Cl)c2)o1. The summed E-state index contributed by atoms with van der Waals surface area (Å²) in [5.41, 5.74) is 0.0544. The van der Waals surface area contributed by atoms with Crippen LogP contribution in [0.4, 0.5) is 13.2 Å². The first kappa shape index (κ1) is 18.7. The van der Waals surface area contributed by atoms with E-state index in [4.69, 9.17) is 27.6 Å². The number of benzene rings is 1. The maximum Gasteiger partial charge on any atom is 0.436 e. The van der Waals surface area contributed by atoms with Gasteiger partial charge in [0, 0.05) is 18.0 Å². The van der Waals surface area contributed by atoms with E-state index in [9.17, 15) is 13.2 Å². The average molecular weight is 405 g/mol. The van der Waals surface area contributed by atoms with E-state index in [1.807, 2.05) is 12.1 Å². The highest BCUT2D eigenvalue weighted by Crippen LogP contribution is 2.35. The van der Waals surface area contributed by atoms with E-state index in [-0.39, 0.29) is 18.7 Å². The number of aryl methyl sites for hydroxylation is 2. The number of rotatable bonds is 5. The van der Waals surface area contributed by atoms with Crippen LogP contribution in [0.15, 0.2) is 28.7 Å². The lowest BCUT2D eigenvalue weighted by atomic mass is 10.1. The van der Waals surface area contributed by atoms with E-state index in [0.717, 1.165) is 5.56 Å². The monoisotopic (exact) mass is 404 g/mol. The van der Waals surface area contributed by atoms with Crippen LogP contribution in [0.25, 0.3) is 0 Å². The minimum atomic E-state index is -4.60. The molecule has 0 fully saturated rings. The Kier molecular flexibility index (Phi) is 5.24. The van der Waals surface area contributed by atoms with Crippen LogP contribution in [0, 0.1) is 6.92 Å². The molecule has 0 bridgehead atoms. The van der Waals surface area contributed by atoms with E-state index in [0.29, 0.717) is 23.2 Å². The molecule has 1 aromatic carbocycles. The van der Waals surface area contributed by atoms with Gasteiger partial charge in [0.1, 0.15) is 0 Å². The van der Waals surface area contributed by atoms with Crippen molar-refractivity contribution in [1.29, 1.82) is 0 Å². The zero-order chi connectivity index (χ0) is 18.9. The van der Waals surface area contributed by atoms with Crippen molar-refractivity contribution in [1.82, 2.24) is 20.0 Å². The summed E-state index contributed by atoms with van der Waals surface area (Å²) in [5, 5.41) is 11.6. The van der Waals surface area contributed by atoms with Gasteiger partial charge in [-0.1, -0.05) is 35.3 Å². The minimum absolute atomic E-state index is 0.139. The highest BCUT2D eigenvalue weighted by Gasteiger charge is 2.38. The highest BCUT2D eigenvalue weighted by atomic mass is 35.5. The Balaban J connectivity index is 1.67. The third-order valence-electron chi connectivity index (χ3n) is 3.69. The fourth-order valence-corrected chi connectivity index (χ4v) is 2.86. The van der Waals surface area contributed by atoms with Gasteiger partial charge in [-0.3, -0.25) is 4.68 Å². The Morgan fingerprint density at radius 2 is 1.88 bits per heavy atom. The molecule has 2 heterocycles. The van der Waals surface area contributed by atoms with Crippen molar-refractivity contribution in [2.24, 2.45) is 0 Å². The largest absolute Gasteiger partial charge is 0.436 e. The summed E-state index contributed by atoms with van der Waals surface area (Å²) >= 11 is 11.7. The fourth-order valence-electron chi connectivity index (χ4n) is 2.41. The van der Waals surface area contributed by atoms with Gasteiger partial charge in [-0.15, -0.1) is 10.2 Å². The summed E-state index contributed by atoms with van der Waals surface area (Å²) in [6.45, 7) is 1.61. The molecule has 0 saturated carbocycles. The first-order valence-electron chi connectivity index (χ1n) is 7.60. The second kappa shape index (κ2) is 7.28. The number of hydrogen-bond donors (Lipinski definition) is 0. The first-order chi connectivity index (χ1) is 12.2. The second-order valence-electron chi connectivity index (χ2n) is 5.62. The average Bonchev–Trinajstić information content (AvgIpc) is 3.11. The van der Waals surface area contributed by atoms with Gasteiger partial charge in [-0.2, -0.15) is 18.3 Å². The molecular weight excluding hydrogens is 392 g/mol. The van der Waals surface area contributed by atoms with E-state index >= 15 is 0 Å². The van der Waals surface area contributed by atoms with Crippen LogP contribution in [0.5, 0.6) is 0 Å². The molecule has 0 aliphatic heterocycles. The molecule has 0 saturated heterocycles. The molecule has 3 rings (SSSR count). The highest BCUT2D eigenvalue weighted by molar-refractivity contribution is 6.32. The van der Waals surface area contributed by atoms with Gasteiger partial charge in [-0.05, 0) is 24.6 Å². The summed E-state index contributed by atoms with van der Waals surface area (Å²) < 4.78 is 45.2. The third-order valence-corrected chi connectivity index (χ3v) is 4.38. The Morgan fingerprint density at radius 3 is 2.54 bits per heavy atom. The lowest BCUT2D eigenvalue weighted by Gasteiger charge is -2.02.